The van der Waals surface area contributed by atoms with E-state index in [2.05, 4.69) is 43.4 Å². The summed E-state index contributed by atoms with van der Waals surface area (Å²) in [7, 11) is 0. The fourth-order valence-electron chi connectivity index (χ4n) is 1.41. The van der Waals surface area contributed by atoms with Crippen LogP contribution >= 0.6 is 11.3 Å². The standard InChI is InChI=1S/C12H22N2S/c1-5-9(3)10(4)13-7-11-8-15-12(6-2)14-11/h8-10,13H,5-7H2,1-4H3. The maximum Gasteiger partial charge on any atom is 0.0926 e. The van der Waals surface area contributed by atoms with Gasteiger partial charge in [0.1, 0.15) is 0 Å². The SMILES string of the molecule is CCc1nc(CNC(C)C(C)CC)cs1. The lowest BCUT2D eigenvalue weighted by atomic mass is 10.0. The van der Waals surface area contributed by atoms with E-state index in [4.69, 9.17) is 0 Å². The molecule has 0 aliphatic heterocycles. The molecule has 1 heterocycles. The number of thiazole rings is 1. The van der Waals surface area contributed by atoms with Crippen molar-refractivity contribution in [2.24, 2.45) is 5.92 Å². The lowest BCUT2D eigenvalue weighted by Crippen LogP contribution is -2.31. The third kappa shape index (κ3) is 3.92. The van der Waals surface area contributed by atoms with Crippen molar-refractivity contribution < 1.29 is 0 Å². The smallest absolute Gasteiger partial charge is 0.0926 e. The molecule has 2 atom stereocenters. The molecule has 3 heteroatoms. The van der Waals surface area contributed by atoms with E-state index in [0.717, 1.165) is 18.9 Å². The molecule has 1 rings (SSSR count). The Balaban J connectivity index is 2.36. The molecule has 0 saturated carbocycles. The average molecular weight is 226 g/mol. The van der Waals surface area contributed by atoms with Crippen molar-refractivity contribution in [3.05, 3.63) is 16.1 Å². The number of rotatable bonds is 6. The van der Waals surface area contributed by atoms with Gasteiger partial charge in [-0.05, 0) is 19.3 Å². The van der Waals surface area contributed by atoms with Crippen molar-refractivity contribution in [2.75, 3.05) is 0 Å². The fraction of sp³-hybridized carbons (Fsp3) is 0.750. The maximum atomic E-state index is 4.54. The van der Waals surface area contributed by atoms with E-state index in [1.54, 1.807) is 11.3 Å². The molecule has 0 aliphatic rings. The van der Waals surface area contributed by atoms with E-state index in [-0.39, 0.29) is 0 Å². The maximum absolute atomic E-state index is 4.54. The Kier molecular flexibility index (Phi) is 5.26. The third-order valence-electron chi connectivity index (χ3n) is 3.00. The summed E-state index contributed by atoms with van der Waals surface area (Å²) >= 11 is 1.76. The number of nitrogens with zero attached hydrogens (tertiary/aromatic N) is 1. The van der Waals surface area contributed by atoms with E-state index in [1.807, 2.05) is 0 Å². The van der Waals surface area contributed by atoms with E-state index >= 15 is 0 Å². The molecule has 86 valence electrons. The Bertz CT molecular complexity index is 283. The van der Waals surface area contributed by atoms with Gasteiger partial charge in [-0.15, -0.1) is 11.3 Å². The number of hydrogen-bond acceptors (Lipinski definition) is 3. The summed E-state index contributed by atoms with van der Waals surface area (Å²) in [6.45, 7) is 9.83. The molecule has 2 nitrogen and oxygen atoms in total. The molecule has 15 heavy (non-hydrogen) atoms. The first-order valence-electron chi connectivity index (χ1n) is 5.84. The van der Waals surface area contributed by atoms with Gasteiger partial charge in [-0.1, -0.05) is 27.2 Å². The van der Waals surface area contributed by atoms with Gasteiger partial charge in [-0.3, -0.25) is 0 Å². The van der Waals surface area contributed by atoms with Crippen LogP contribution in [-0.2, 0) is 13.0 Å². The van der Waals surface area contributed by atoms with Crippen molar-refractivity contribution in [2.45, 2.75) is 53.1 Å². The van der Waals surface area contributed by atoms with E-state index in [9.17, 15) is 0 Å². The zero-order valence-electron chi connectivity index (χ0n) is 10.2. The Morgan fingerprint density at radius 1 is 1.40 bits per heavy atom. The second kappa shape index (κ2) is 6.23. The van der Waals surface area contributed by atoms with Gasteiger partial charge in [0.05, 0.1) is 10.7 Å². The van der Waals surface area contributed by atoms with E-state index in [0.29, 0.717) is 6.04 Å². The summed E-state index contributed by atoms with van der Waals surface area (Å²) in [6.07, 6.45) is 2.27. The zero-order valence-corrected chi connectivity index (χ0v) is 11.0. The number of nitrogens with one attached hydrogen (secondary N) is 1. The Morgan fingerprint density at radius 2 is 2.13 bits per heavy atom. The first-order chi connectivity index (χ1) is 7.17. The Morgan fingerprint density at radius 3 is 2.67 bits per heavy atom. The second-order valence-corrected chi connectivity index (χ2v) is 5.08. The molecule has 0 bridgehead atoms. The topological polar surface area (TPSA) is 24.9 Å². The average Bonchev–Trinajstić information content (AvgIpc) is 2.72. The van der Waals surface area contributed by atoms with Gasteiger partial charge >= 0.3 is 0 Å². The van der Waals surface area contributed by atoms with Crippen LogP contribution < -0.4 is 5.32 Å². The molecule has 0 saturated heterocycles. The van der Waals surface area contributed by atoms with Crippen molar-refractivity contribution in [1.29, 1.82) is 0 Å². The molecule has 0 fully saturated rings. The molecular formula is C12H22N2S. The molecule has 0 aromatic carbocycles. The molecule has 0 radical (unpaired) electrons. The summed E-state index contributed by atoms with van der Waals surface area (Å²) in [5, 5.41) is 6.93. The Labute approximate surface area is 97.1 Å². The van der Waals surface area contributed by atoms with Crippen LogP contribution in [0.15, 0.2) is 5.38 Å². The normalized spacial score (nSPS) is 15.2. The molecule has 0 aliphatic carbocycles. The van der Waals surface area contributed by atoms with Gasteiger partial charge in [0, 0.05) is 18.0 Å². The van der Waals surface area contributed by atoms with Crippen LogP contribution in [0.1, 0.15) is 44.8 Å². The van der Waals surface area contributed by atoms with E-state index < -0.39 is 0 Å². The largest absolute Gasteiger partial charge is 0.308 e. The van der Waals surface area contributed by atoms with Crippen LogP contribution in [0.5, 0.6) is 0 Å². The molecule has 0 amide bonds. The second-order valence-electron chi connectivity index (χ2n) is 4.14. The first kappa shape index (κ1) is 12.7. The zero-order chi connectivity index (χ0) is 11.3. The van der Waals surface area contributed by atoms with Gasteiger partial charge in [0.2, 0.25) is 0 Å². The number of aromatic nitrogens is 1. The fourth-order valence-corrected chi connectivity index (χ4v) is 2.16. The predicted molar refractivity (Wildman–Crippen MR) is 67.2 cm³/mol. The molecule has 1 aromatic rings. The molecule has 0 spiro atoms. The summed E-state index contributed by atoms with van der Waals surface area (Å²) in [5.74, 6) is 0.731. The minimum Gasteiger partial charge on any atom is -0.308 e. The van der Waals surface area contributed by atoms with Crippen molar-refractivity contribution >= 4 is 11.3 Å². The molecule has 1 aromatic heterocycles. The number of aryl methyl sites for hydroxylation is 1. The highest BCUT2D eigenvalue weighted by Crippen LogP contribution is 2.11. The third-order valence-corrected chi connectivity index (χ3v) is 4.05. The van der Waals surface area contributed by atoms with E-state index in [1.165, 1.54) is 17.1 Å². The quantitative estimate of drug-likeness (QED) is 0.805. The van der Waals surface area contributed by atoms with Crippen molar-refractivity contribution in [3.63, 3.8) is 0 Å². The highest BCUT2D eigenvalue weighted by atomic mass is 32.1. The summed E-state index contributed by atoms with van der Waals surface area (Å²) in [4.78, 5) is 4.54. The molecular weight excluding hydrogens is 204 g/mol. The lowest BCUT2D eigenvalue weighted by molar-refractivity contribution is 0.388. The van der Waals surface area contributed by atoms with Gasteiger partial charge < -0.3 is 5.32 Å². The minimum absolute atomic E-state index is 0.571. The lowest BCUT2D eigenvalue weighted by Gasteiger charge is -2.19. The van der Waals surface area contributed by atoms with Gasteiger partial charge in [0.25, 0.3) is 0 Å². The van der Waals surface area contributed by atoms with Crippen LogP contribution in [0.3, 0.4) is 0 Å². The highest BCUT2D eigenvalue weighted by Gasteiger charge is 2.09. The van der Waals surface area contributed by atoms with Gasteiger partial charge in [-0.25, -0.2) is 4.98 Å². The van der Waals surface area contributed by atoms with Crippen LogP contribution in [0, 0.1) is 5.92 Å². The highest BCUT2D eigenvalue weighted by molar-refractivity contribution is 7.09. The van der Waals surface area contributed by atoms with Crippen LogP contribution in [0.25, 0.3) is 0 Å². The van der Waals surface area contributed by atoms with Gasteiger partial charge in [-0.2, -0.15) is 0 Å². The van der Waals surface area contributed by atoms with Crippen LogP contribution in [0.2, 0.25) is 0 Å². The van der Waals surface area contributed by atoms with Crippen molar-refractivity contribution in [3.8, 4) is 0 Å². The predicted octanol–water partition coefficient (Wildman–Crippen LogP) is 3.23. The minimum atomic E-state index is 0.571. The van der Waals surface area contributed by atoms with Crippen molar-refractivity contribution in [1.82, 2.24) is 10.3 Å². The molecule has 2 unspecified atom stereocenters. The van der Waals surface area contributed by atoms with Gasteiger partial charge in [0.15, 0.2) is 0 Å². The summed E-state index contributed by atoms with van der Waals surface area (Å²) < 4.78 is 0. The number of hydrogen-bond donors (Lipinski definition) is 1. The van der Waals surface area contributed by atoms with Crippen LogP contribution in [-0.4, -0.2) is 11.0 Å². The Hall–Kier alpha value is -0.410. The van der Waals surface area contributed by atoms with Crippen LogP contribution in [0.4, 0.5) is 0 Å². The first-order valence-corrected chi connectivity index (χ1v) is 6.72. The summed E-state index contributed by atoms with van der Waals surface area (Å²) in [6, 6.07) is 0.571. The monoisotopic (exact) mass is 226 g/mol. The molecule has 1 N–H and O–H groups in total. The summed E-state index contributed by atoms with van der Waals surface area (Å²) in [5.41, 5.74) is 1.19.